The van der Waals surface area contributed by atoms with E-state index in [-0.39, 0.29) is 0 Å². The predicted molar refractivity (Wildman–Crippen MR) is 48.6 cm³/mol. The highest BCUT2D eigenvalue weighted by molar-refractivity contribution is 5.27. The Balaban J connectivity index is 2.41. The van der Waals surface area contributed by atoms with Crippen molar-refractivity contribution in [2.75, 3.05) is 0 Å². The molecule has 2 heterocycles. The highest BCUT2D eigenvalue weighted by Gasteiger charge is 1.98. The Labute approximate surface area is 76.3 Å². The summed E-state index contributed by atoms with van der Waals surface area (Å²) in [5.74, 6) is 0.764. The smallest absolute Gasteiger partial charge is 0.147 e. The average molecular weight is 174 g/mol. The monoisotopic (exact) mass is 174 g/mol. The van der Waals surface area contributed by atoms with Gasteiger partial charge in [-0.3, -0.25) is 4.98 Å². The molecule has 0 N–H and O–H groups in total. The van der Waals surface area contributed by atoms with Crippen molar-refractivity contribution in [1.29, 1.82) is 0 Å². The second-order valence-corrected chi connectivity index (χ2v) is 2.89. The summed E-state index contributed by atoms with van der Waals surface area (Å²) in [4.78, 5) is 8.22. The fraction of sp³-hybridized carbons (Fsp3) is 0.222. The molecule has 0 amide bonds. The van der Waals surface area contributed by atoms with Crippen molar-refractivity contribution in [3.8, 4) is 5.69 Å². The Kier molecular flexibility index (Phi) is 1.81. The summed E-state index contributed by atoms with van der Waals surface area (Å²) >= 11 is 0. The zero-order valence-corrected chi connectivity index (χ0v) is 7.60. The molecular weight excluding hydrogens is 164 g/mol. The molecule has 13 heavy (non-hydrogen) atoms. The van der Waals surface area contributed by atoms with Crippen molar-refractivity contribution < 1.29 is 0 Å². The predicted octanol–water partition coefficient (Wildman–Crippen LogP) is 1.28. The normalized spacial score (nSPS) is 10.3. The van der Waals surface area contributed by atoms with Crippen LogP contribution in [0, 0.1) is 13.8 Å². The van der Waals surface area contributed by atoms with Crippen LogP contribution in [0.15, 0.2) is 24.7 Å². The summed E-state index contributed by atoms with van der Waals surface area (Å²) in [6, 6.07) is 3.92. The van der Waals surface area contributed by atoms with Gasteiger partial charge in [0, 0.05) is 5.69 Å². The van der Waals surface area contributed by atoms with E-state index in [1.54, 1.807) is 17.2 Å². The third-order valence-electron chi connectivity index (χ3n) is 1.77. The van der Waals surface area contributed by atoms with Gasteiger partial charge in [0.1, 0.15) is 12.2 Å². The fourth-order valence-electron chi connectivity index (χ4n) is 1.07. The highest BCUT2D eigenvalue weighted by Crippen LogP contribution is 2.04. The minimum absolute atomic E-state index is 0.764. The fourth-order valence-corrected chi connectivity index (χ4v) is 1.07. The second-order valence-electron chi connectivity index (χ2n) is 2.89. The third-order valence-corrected chi connectivity index (χ3v) is 1.77. The van der Waals surface area contributed by atoms with Crippen LogP contribution in [-0.2, 0) is 0 Å². The van der Waals surface area contributed by atoms with Crippen LogP contribution >= 0.6 is 0 Å². The van der Waals surface area contributed by atoms with E-state index < -0.39 is 0 Å². The van der Waals surface area contributed by atoms with Gasteiger partial charge >= 0.3 is 0 Å². The Morgan fingerprint density at radius 3 is 2.54 bits per heavy atom. The van der Waals surface area contributed by atoms with Crippen LogP contribution in [-0.4, -0.2) is 19.7 Å². The average Bonchev–Trinajstić information content (AvgIpc) is 2.53. The van der Waals surface area contributed by atoms with Crippen molar-refractivity contribution in [3.63, 3.8) is 0 Å². The summed E-state index contributed by atoms with van der Waals surface area (Å²) in [5.41, 5.74) is 1.94. The van der Waals surface area contributed by atoms with Gasteiger partial charge in [0.2, 0.25) is 0 Å². The summed E-state index contributed by atoms with van der Waals surface area (Å²) in [6.45, 7) is 3.81. The standard InChI is InChI=1S/C9H10N4/c1-7-3-4-9(5-10-7)13-6-11-8(2)12-13/h3-6H,1-2H3. The molecule has 0 aliphatic rings. The molecule has 0 fully saturated rings. The van der Waals surface area contributed by atoms with Crippen LogP contribution in [0.4, 0.5) is 0 Å². The maximum atomic E-state index is 4.18. The second kappa shape index (κ2) is 2.97. The van der Waals surface area contributed by atoms with Crippen LogP contribution in [0.2, 0.25) is 0 Å². The van der Waals surface area contributed by atoms with Crippen LogP contribution in [0.1, 0.15) is 11.5 Å². The van der Waals surface area contributed by atoms with Gasteiger partial charge in [-0.05, 0) is 26.0 Å². The molecular formula is C9H10N4. The summed E-state index contributed by atoms with van der Waals surface area (Å²) in [7, 11) is 0. The lowest BCUT2D eigenvalue weighted by Crippen LogP contribution is -1.95. The van der Waals surface area contributed by atoms with Gasteiger partial charge in [-0.1, -0.05) is 0 Å². The SMILES string of the molecule is Cc1ccc(-n2cnc(C)n2)cn1. The van der Waals surface area contributed by atoms with E-state index in [0.29, 0.717) is 0 Å². The molecule has 0 unspecified atom stereocenters. The molecule has 0 aliphatic heterocycles. The summed E-state index contributed by atoms with van der Waals surface area (Å²) < 4.78 is 1.71. The van der Waals surface area contributed by atoms with E-state index in [9.17, 15) is 0 Å². The first-order valence-corrected chi connectivity index (χ1v) is 4.07. The van der Waals surface area contributed by atoms with Gasteiger partial charge < -0.3 is 0 Å². The number of pyridine rings is 1. The molecule has 0 aliphatic carbocycles. The van der Waals surface area contributed by atoms with E-state index >= 15 is 0 Å². The van der Waals surface area contributed by atoms with Gasteiger partial charge in [-0.25, -0.2) is 9.67 Å². The molecule has 0 aromatic carbocycles. The molecule has 0 spiro atoms. The molecule has 4 heteroatoms. The Bertz CT molecular complexity index is 402. The van der Waals surface area contributed by atoms with Gasteiger partial charge in [-0.2, -0.15) is 5.10 Å². The summed E-state index contributed by atoms with van der Waals surface area (Å²) in [6.07, 6.45) is 3.46. The minimum Gasteiger partial charge on any atom is -0.259 e. The zero-order chi connectivity index (χ0) is 9.26. The lowest BCUT2D eigenvalue weighted by atomic mass is 10.3. The molecule has 2 aromatic heterocycles. The Hall–Kier alpha value is -1.71. The molecule has 2 aromatic rings. The highest BCUT2D eigenvalue weighted by atomic mass is 15.3. The Morgan fingerprint density at radius 1 is 1.15 bits per heavy atom. The number of hydrogen-bond donors (Lipinski definition) is 0. The molecule has 0 radical (unpaired) electrons. The van der Waals surface area contributed by atoms with Crippen LogP contribution in [0.5, 0.6) is 0 Å². The summed E-state index contributed by atoms with van der Waals surface area (Å²) in [5, 5.41) is 4.18. The number of rotatable bonds is 1. The van der Waals surface area contributed by atoms with E-state index in [1.165, 1.54) is 0 Å². The topological polar surface area (TPSA) is 43.6 Å². The Morgan fingerprint density at radius 2 is 2.00 bits per heavy atom. The van der Waals surface area contributed by atoms with E-state index in [0.717, 1.165) is 17.2 Å². The molecule has 0 saturated heterocycles. The first-order valence-electron chi connectivity index (χ1n) is 4.07. The number of hydrogen-bond acceptors (Lipinski definition) is 3. The number of nitrogens with zero attached hydrogens (tertiary/aromatic N) is 4. The van der Waals surface area contributed by atoms with Crippen LogP contribution in [0.3, 0.4) is 0 Å². The van der Waals surface area contributed by atoms with Gasteiger partial charge in [0.15, 0.2) is 0 Å². The maximum absolute atomic E-state index is 4.18. The minimum atomic E-state index is 0.764. The van der Waals surface area contributed by atoms with Crippen molar-refractivity contribution in [3.05, 3.63) is 36.2 Å². The van der Waals surface area contributed by atoms with Gasteiger partial charge in [0.25, 0.3) is 0 Å². The molecule has 0 atom stereocenters. The van der Waals surface area contributed by atoms with Gasteiger partial charge in [-0.15, -0.1) is 0 Å². The number of aryl methyl sites for hydroxylation is 2. The van der Waals surface area contributed by atoms with E-state index in [1.807, 2.05) is 26.0 Å². The molecule has 0 bridgehead atoms. The van der Waals surface area contributed by atoms with Crippen molar-refractivity contribution in [1.82, 2.24) is 19.7 Å². The van der Waals surface area contributed by atoms with Crippen molar-refractivity contribution in [2.24, 2.45) is 0 Å². The first-order chi connectivity index (χ1) is 6.25. The largest absolute Gasteiger partial charge is 0.259 e. The van der Waals surface area contributed by atoms with Crippen LogP contribution in [0.25, 0.3) is 5.69 Å². The number of aromatic nitrogens is 4. The first kappa shape index (κ1) is 7.91. The molecule has 0 saturated carbocycles. The van der Waals surface area contributed by atoms with Crippen LogP contribution < -0.4 is 0 Å². The molecule has 66 valence electrons. The molecule has 2 rings (SSSR count). The van der Waals surface area contributed by atoms with Gasteiger partial charge in [0.05, 0.1) is 11.9 Å². The lowest BCUT2D eigenvalue weighted by Gasteiger charge is -1.98. The van der Waals surface area contributed by atoms with E-state index in [4.69, 9.17) is 0 Å². The third kappa shape index (κ3) is 1.56. The van der Waals surface area contributed by atoms with E-state index in [2.05, 4.69) is 15.1 Å². The molecule has 4 nitrogen and oxygen atoms in total. The van der Waals surface area contributed by atoms with Crippen molar-refractivity contribution in [2.45, 2.75) is 13.8 Å². The quantitative estimate of drug-likeness (QED) is 0.654. The van der Waals surface area contributed by atoms with Crippen molar-refractivity contribution >= 4 is 0 Å². The maximum Gasteiger partial charge on any atom is 0.147 e. The lowest BCUT2D eigenvalue weighted by molar-refractivity contribution is 0.855. The zero-order valence-electron chi connectivity index (χ0n) is 7.60.